The summed E-state index contributed by atoms with van der Waals surface area (Å²) < 4.78 is 41.3. The number of aromatic nitrogens is 4. The van der Waals surface area contributed by atoms with Crippen LogP contribution in [-0.2, 0) is 11.3 Å². The summed E-state index contributed by atoms with van der Waals surface area (Å²) in [4.78, 5) is 29.1. The van der Waals surface area contributed by atoms with Crippen molar-refractivity contribution in [2.75, 3.05) is 18.5 Å². The quantitative estimate of drug-likeness (QED) is 0.273. The van der Waals surface area contributed by atoms with Gasteiger partial charge in [0.1, 0.15) is 11.5 Å². The van der Waals surface area contributed by atoms with E-state index >= 15 is 0 Å². The van der Waals surface area contributed by atoms with Crippen LogP contribution in [0.2, 0.25) is 0 Å². The first-order valence-corrected chi connectivity index (χ1v) is 12.7. The molecule has 12 nitrogen and oxygen atoms in total. The lowest BCUT2D eigenvalue weighted by Crippen LogP contribution is -2.23. The lowest BCUT2D eigenvalue weighted by molar-refractivity contribution is 0.0995. The lowest BCUT2D eigenvalue weighted by Gasteiger charge is -2.23. The van der Waals surface area contributed by atoms with Crippen LogP contribution < -0.4 is 24.2 Å². The predicted octanol–water partition coefficient (Wildman–Crippen LogP) is 4.24. The number of para-hydroxylation sites is 2. The molecule has 0 saturated heterocycles. The molecule has 0 aliphatic rings. The second-order valence-electron chi connectivity index (χ2n) is 8.39. The smallest absolute Gasteiger partial charge is 0.269 e. The fourth-order valence-electron chi connectivity index (χ4n) is 3.55. The number of carbonyl (C=O) groups excluding carboxylic acids is 1. The Bertz CT molecular complexity index is 1520. The Morgan fingerprint density at radius 2 is 1.77 bits per heavy atom. The van der Waals surface area contributed by atoms with Crippen LogP contribution in [0.25, 0.3) is 11.4 Å². The Kier molecular flexibility index (Phi) is 8.32. The summed E-state index contributed by atoms with van der Waals surface area (Å²) >= 11 is -2.66. The van der Waals surface area contributed by atoms with Crippen LogP contribution in [0.1, 0.15) is 35.8 Å². The topological polar surface area (TPSA) is 163 Å². The maximum Gasteiger partial charge on any atom is 0.269 e. The van der Waals surface area contributed by atoms with Crippen molar-refractivity contribution in [1.82, 2.24) is 19.9 Å². The number of primary amides is 1. The molecular formula is C26H26N6O6S. The number of nitrogens with zero attached hydrogens (tertiary/aromatic N) is 5. The van der Waals surface area contributed by atoms with Crippen molar-refractivity contribution in [3.63, 3.8) is 0 Å². The van der Waals surface area contributed by atoms with E-state index in [1.807, 2.05) is 13.8 Å². The van der Waals surface area contributed by atoms with E-state index in [9.17, 15) is 13.6 Å². The Morgan fingerprint density at radius 1 is 1.03 bits per heavy atom. The molecule has 13 heteroatoms. The van der Waals surface area contributed by atoms with Gasteiger partial charge in [-0.2, -0.15) is 9.29 Å². The van der Waals surface area contributed by atoms with Crippen LogP contribution >= 0.6 is 0 Å². The van der Waals surface area contributed by atoms with E-state index in [-0.39, 0.29) is 46.5 Å². The molecule has 0 aliphatic carbocycles. The van der Waals surface area contributed by atoms with Crippen molar-refractivity contribution >= 4 is 28.8 Å². The highest BCUT2D eigenvalue weighted by Gasteiger charge is 2.29. The van der Waals surface area contributed by atoms with Crippen LogP contribution in [0.4, 0.5) is 11.6 Å². The van der Waals surface area contributed by atoms with Gasteiger partial charge in [0.25, 0.3) is 23.1 Å². The van der Waals surface area contributed by atoms with Crippen molar-refractivity contribution in [3.8, 4) is 34.5 Å². The summed E-state index contributed by atoms with van der Waals surface area (Å²) in [6, 6.07) is 13.2. The van der Waals surface area contributed by atoms with Crippen molar-refractivity contribution in [1.29, 1.82) is 0 Å². The number of pyridine rings is 2. The Morgan fingerprint density at radius 3 is 2.36 bits per heavy atom. The largest absolute Gasteiger partial charge is 0.493 e. The first kappa shape index (κ1) is 27.4. The summed E-state index contributed by atoms with van der Waals surface area (Å²) in [5.74, 6) is 0.0189. The molecule has 4 aromatic rings. The molecule has 3 N–H and O–H groups in total. The van der Waals surface area contributed by atoms with E-state index in [4.69, 9.17) is 19.9 Å². The molecule has 0 aliphatic heterocycles. The van der Waals surface area contributed by atoms with Gasteiger partial charge in [-0.25, -0.2) is 14.2 Å². The van der Waals surface area contributed by atoms with E-state index in [0.29, 0.717) is 11.3 Å². The minimum atomic E-state index is -2.66. The predicted molar refractivity (Wildman–Crippen MR) is 145 cm³/mol. The highest BCUT2D eigenvalue weighted by molar-refractivity contribution is 7.81. The van der Waals surface area contributed by atoms with Crippen LogP contribution in [-0.4, -0.2) is 48.8 Å². The molecule has 1 aromatic carbocycles. The second-order valence-corrected chi connectivity index (χ2v) is 9.21. The van der Waals surface area contributed by atoms with E-state index in [0.717, 1.165) is 9.87 Å². The molecule has 0 spiro atoms. The van der Waals surface area contributed by atoms with Gasteiger partial charge in [0.15, 0.2) is 23.1 Å². The van der Waals surface area contributed by atoms with Gasteiger partial charge in [0, 0.05) is 18.0 Å². The zero-order chi connectivity index (χ0) is 28.1. The minimum Gasteiger partial charge on any atom is -0.493 e. The molecule has 202 valence electrons. The van der Waals surface area contributed by atoms with Gasteiger partial charge in [-0.3, -0.25) is 14.3 Å². The first-order chi connectivity index (χ1) is 18.7. The molecule has 4 rings (SSSR count). The number of methoxy groups -OCH3 is 2. The van der Waals surface area contributed by atoms with Gasteiger partial charge in [-0.1, -0.05) is 32.0 Å². The van der Waals surface area contributed by atoms with Gasteiger partial charge in [0.2, 0.25) is 5.75 Å². The average molecular weight is 551 g/mol. The summed E-state index contributed by atoms with van der Waals surface area (Å²) in [6.07, 6.45) is 2.99. The fourth-order valence-corrected chi connectivity index (χ4v) is 4.09. The molecule has 0 fully saturated rings. The van der Waals surface area contributed by atoms with Gasteiger partial charge in [-0.05, 0) is 41.8 Å². The monoisotopic (exact) mass is 550 g/mol. The van der Waals surface area contributed by atoms with Crippen LogP contribution in [0.3, 0.4) is 0 Å². The number of nitrogens with two attached hydrogens (primary N) is 1. The van der Waals surface area contributed by atoms with Gasteiger partial charge >= 0.3 is 0 Å². The van der Waals surface area contributed by atoms with Gasteiger partial charge in [-0.15, -0.1) is 0 Å². The first-order valence-electron chi connectivity index (χ1n) is 11.6. The molecule has 39 heavy (non-hydrogen) atoms. The van der Waals surface area contributed by atoms with Crippen molar-refractivity contribution in [2.24, 2.45) is 5.73 Å². The van der Waals surface area contributed by atoms with Crippen LogP contribution in [0, 0.1) is 0 Å². The SMILES string of the molecule is COc1ccccc1Oc1c(OC)nc(-c2ccnc(C(N)=O)c2)nc1N(c1ccc(C(C)C)cn1)S(=O)O. The lowest BCUT2D eigenvalue weighted by atomic mass is 10.1. The maximum absolute atomic E-state index is 12.8. The molecule has 0 bridgehead atoms. The van der Waals surface area contributed by atoms with E-state index in [2.05, 4.69) is 19.9 Å². The van der Waals surface area contributed by atoms with Gasteiger partial charge < -0.3 is 19.9 Å². The molecule has 1 unspecified atom stereocenters. The number of rotatable bonds is 10. The zero-order valence-electron chi connectivity index (χ0n) is 21.6. The van der Waals surface area contributed by atoms with Crippen molar-refractivity contribution in [2.45, 2.75) is 19.8 Å². The van der Waals surface area contributed by atoms with E-state index < -0.39 is 17.2 Å². The summed E-state index contributed by atoms with van der Waals surface area (Å²) in [7, 11) is 2.84. The molecule has 0 radical (unpaired) electrons. The van der Waals surface area contributed by atoms with Crippen molar-refractivity contribution in [3.05, 3.63) is 72.2 Å². The number of ether oxygens (including phenoxy) is 3. The Labute approximate surface area is 227 Å². The number of hydrogen-bond acceptors (Lipinski definition) is 9. The molecular weight excluding hydrogens is 524 g/mol. The van der Waals surface area contributed by atoms with E-state index in [1.165, 1.54) is 26.5 Å². The third-order valence-electron chi connectivity index (χ3n) is 5.56. The van der Waals surface area contributed by atoms with Crippen LogP contribution in [0.15, 0.2) is 60.9 Å². The number of anilines is 2. The summed E-state index contributed by atoms with van der Waals surface area (Å²) in [5, 5.41) is 0. The number of hydrogen-bond donors (Lipinski definition) is 2. The Hall–Kier alpha value is -4.62. The average Bonchev–Trinajstić information content (AvgIpc) is 2.94. The third-order valence-corrected chi connectivity index (χ3v) is 6.23. The maximum atomic E-state index is 12.8. The Balaban J connectivity index is 1.97. The number of amides is 1. The number of carbonyl (C=O) groups is 1. The third kappa shape index (κ3) is 5.94. The van der Waals surface area contributed by atoms with Crippen LogP contribution in [0.5, 0.6) is 23.1 Å². The normalized spacial score (nSPS) is 11.6. The molecule has 1 atom stereocenters. The summed E-state index contributed by atoms with van der Waals surface area (Å²) in [5.41, 5.74) is 6.67. The highest BCUT2D eigenvalue weighted by Crippen LogP contribution is 2.44. The number of benzene rings is 1. The molecule has 3 aromatic heterocycles. The molecule has 3 heterocycles. The van der Waals surface area contributed by atoms with Crippen molar-refractivity contribution < 1.29 is 27.8 Å². The summed E-state index contributed by atoms with van der Waals surface area (Å²) in [6.45, 7) is 4.02. The molecule has 0 saturated carbocycles. The second kappa shape index (κ2) is 11.8. The van der Waals surface area contributed by atoms with E-state index in [1.54, 1.807) is 48.7 Å². The highest BCUT2D eigenvalue weighted by atomic mass is 32.2. The molecule has 1 amide bonds. The zero-order valence-corrected chi connectivity index (χ0v) is 22.4. The van der Waals surface area contributed by atoms with Gasteiger partial charge in [0.05, 0.1) is 14.2 Å². The minimum absolute atomic E-state index is 0.0144. The fraction of sp³-hybridized carbons (Fsp3) is 0.192. The standard InChI is InChI=1S/C26H26N6O6S/c1-15(2)17-9-10-21(29-14-17)32(39(34)35)25-22(38-20-8-6-5-7-19(20)36-3)26(37-4)31-24(30-25)16-11-12-28-18(13-16)23(27)33/h5-15H,1-4H3,(H2,27,33)(H,34,35).